The van der Waals surface area contributed by atoms with Crippen molar-refractivity contribution in [3.8, 4) is 0 Å². The summed E-state index contributed by atoms with van der Waals surface area (Å²) in [5.74, 6) is -0.333. The van der Waals surface area contributed by atoms with Gasteiger partial charge in [-0.2, -0.15) is 0 Å². The number of anilines is 1. The molecule has 1 heterocycles. The molecule has 0 bridgehead atoms. The Kier molecular flexibility index (Phi) is 3.91. The monoisotopic (exact) mass is 254 g/mol. The molecule has 1 saturated heterocycles. The van der Waals surface area contributed by atoms with E-state index in [0.717, 1.165) is 19.4 Å². The topological polar surface area (TPSA) is 47.3 Å². The fourth-order valence-electron chi connectivity index (χ4n) is 1.86. The molecule has 17 heavy (non-hydrogen) atoms. The Balaban J connectivity index is 2.08. The highest BCUT2D eigenvalue weighted by Gasteiger charge is 2.15. The van der Waals surface area contributed by atoms with Crippen molar-refractivity contribution in [3.63, 3.8) is 0 Å². The van der Waals surface area contributed by atoms with E-state index in [1.165, 1.54) is 6.07 Å². The summed E-state index contributed by atoms with van der Waals surface area (Å²) in [5, 5.41) is 3.13. The van der Waals surface area contributed by atoms with Gasteiger partial charge in [0.1, 0.15) is 10.8 Å². The van der Waals surface area contributed by atoms with Crippen LogP contribution in [0.3, 0.4) is 0 Å². The number of halogens is 1. The van der Waals surface area contributed by atoms with Crippen LogP contribution < -0.4 is 11.1 Å². The van der Waals surface area contributed by atoms with Gasteiger partial charge in [-0.3, -0.25) is 0 Å². The zero-order valence-electron chi connectivity index (χ0n) is 9.41. The predicted molar refractivity (Wildman–Crippen MR) is 69.8 cm³/mol. The van der Waals surface area contributed by atoms with Crippen LogP contribution in [0.1, 0.15) is 18.4 Å². The van der Waals surface area contributed by atoms with E-state index in [4.69, 9.17) is 22.7 Å². The summed E-state index contributed by atoms with van der Waals surface area (Å²) in [4.78, 5) is 0.205. The van der Waals surface area contributed by atoms with Crippen molar-refractivity contribution >= 4 is 22.9 Å². The van der Waals surface area contributed by atoms with Gasteiger partial charge < -0.3 is 15.8 Å². The number of nitrogens with two attached hydrogens (primary N) is 1. The highest BCUT2D eigenvalue weighted by molar-refractivity contribution is 7.80. The first-order valence-electron chi connectivity index (χ1n) is 5.60. The highest BCUT2D eigenvalue weighted by atomic mass is 32.1. The summed E-state index contributed by atoms with van der Waals surface area (Å²) < 4.78 is 19.1. The third-order valence-corrected chi connectivity index (χ3v) is 3.01. The molecule has 0 aliphatic carbocycles. The molecule has 5 heteroatoms. The van der Waals surface area contributed by atoms with Crippen molar-refractivity contribution in [1.29, 1.82) is 0 Å². The lowest BCUT2D eigenvalue weighted by atomic mass is 10.1. The standard InChI is InChI=1S/C12H15FN2OS/c13-10-6-8(12(14)17)3-4-11(10)15-9-2-1-5-16-7-9/h3-4,6,9,15H,1-2,5,7H2,(H2,14,17). The maximum absolute atomic E-state index is 13.7. The largest absolute Gasteiger partial charge is 0.389 e. The Hall–Kier alpha value is -1.20. The van der Waals surface area contributed by atoms with Gasteiger partial charge in [0.25, 0.3) is 0 Å². The Bertz CT molecular complexity index is 419. The number of benzene rings is 1. The van der Waals surface area contributed by atoms with Crippen LogP contribution in [0.25, 0.3) is 0 Å². The van der Waals surface area contributed by atoms with E-state index >= 15 is 0 Å². The van der Waals surface area contributed by atoms with Gasteiger partial charge in [0.05, 0.1) is 12.3 Å². The zero-order chi connectivity index (χ0) is 12.3. The van der Waals surface area contributed by atoms with Gasteiger partial charge >= 0.3 is 0 Å². The molecule has 0 saturated carbocycles. The van der Waals surface area contributed by atoms with Gasteiger partial charge in [-0.15, -0.1) is 0 Å². The van der Waals surface area contributed by atoms with Gasteiger partial charge in [0.15, 0.2) is 0 Å². The molecule has 3 N–H and O–H groups in total. The lowest BCUT2D eigenvalue weighted by Gasteiger charge is -2.24. The van der Waals surface area contributed by atoms with E-state index in [0.29, 0.717) is 17.9 Å². The van der Waals surface area contributed by atoms with Crippen LogP contribution in [0, 0.1) is 5.82 Å². The van der Waals surface area contributed by atoms with E-state index in [1.807, 2.05) is 0 Å². The first-order valence-corrected chi connectivity index (χ1v) is 6.01. The number of hydrogen-bond donors (Lipinski definition) is 2. The fraction of sp³-hybridized carbons (Fsp3) is 0.417. The molecule has 0 aromatic heterocycles. The Morgan fingerprint density at radius 1 is 1.53 bits per heavy atom. The maximum Gasteiger partial charge on any atom is 0.146 e. The normalized spacial score (nSPS) is 19.9. The molecule has 0 spiro atoms. The van der Waals surface area contributed by atoms with Crippen LogP contribution >= 0.6 is 12.2 Å². The minimum Gasteiger partial charge on any atom is -0.389 e. The summed E-state index contributed by atoms with van der Waals surface area (Å²) in [6, 6.07) is 4.92. The van der Waals surface area contributed by atoms with Crippen LogP contribution in [0.2, 0.25) is 0 Å². The van der Waals surface area contributed by atoms with E-state index in [9.17, 15) is 4.39 Å². The number of ether oxygens (including phenoxy) is 1. The van der Waals surface area contributed by atoms with E-state index in [-0.39, 0.29) is 16.8 Å². The fourth-order valence-corrected chi connectivity index (χ4v) is 1.99. The minimum atomic E-state index is -0.333. The van der Waals surface area contributed by atoms with Crippen LogP contribution in [-0.4, -0.2) is 24.2 Å². The Morgan fingerprint density at radius 3 is 2.94 bits per heavy atom. The van der Waals surface area contributed by atoms with Gasteiger partial charge in [-0.1, -0.05) is 12.2 Å². The molecular weight excluding hydrogens is 239 g/mol. The predicted octanol–water partition coefficient (Wildman–Crippen LogP) is 2.05. The Labute approximate surface area is 105 Å². The van der Waals surface area contributed by atoms with Crippen LogP contribution in [0.15, 0.2) is 18.2 Å². The van der Waals surface area contributed by atoms with Gasteiger partial charge in [0.2, 0.25) is 0 Å². The van der Waals surface area contributed by atoms with Gasteiger partial charge in [-0.25, -0.2) is 4.39 Å². The zero-order valence-corrected chi connectivity index (χ0v) is 10.2. The summed E-state index contributed by atoms with van der Waals surface area (Å²) >= 11 is 4.80. The second-order valence-electron chi connectivity index (χ2n) is 4.12. The second-order valence-corrected chi connectivity index (χ2v) is 4.56. The quantitative estimate of drug-likeness (QED) is 0.810. The molecule has 92 valence electrons. The van der Waals surface area contributed by atoms with Crippen molar-refractivity contribution in [1.82, 2.24) is 0 Å². The number of rotatable bonds is 3. The van der Waals surface area contributed by atoms with E-state index in [2.05, 4.69) is 5.32 Å². The molecule has 1 fully saturated rings. The number of thiocarbonyl (C=S) groups is 1. The molecule has 1 atom stereocenters. The van der Waals surface area contributed by atoms with Crippen molar-refractivity contribution in [3.05, 3.63) is 29.6 Å². The average Bonchev–Trinajstić information content (AvgIpc) is 2.33. The summed E-state index contributed by atoms with van der Waals surface area (Å²) in [6.45, 7) is 1.41. The van der Waals surface area contributed by atoms with Crippen molar-refractivity contribution in [2.24, 2.45) is 5.73 Å². The molecule has 1 aliphatic rings. The Morgan fingerprint density at radius 2 is 2.35 bits per heavy atom. The first kappa shape index (κ1) is 12.3. The molecule has 1 aromatic carbocycles. The lowest BCUT2D eigenvalue weighted by molar-refractivity contribution is 0.0875. The van der Waals surface area contributed by atoms with Crippen molar-refractivity contribution in [2.45, 2.75) is 18.9 Å². The van der Waals surface area contributed by atoms with Crippen molar-refractivity contribution in [2.75, 3.05) is 18.5 Å². The molecule has 0 amide bonds. The molecule has 1 aromatic rings. The molecule has 3 nitrogen and oxygen atoms in total. The molecule has 2 rings (SSSR count). The van der Waals surface area contributed by atoms with Crippen molar-refractivity contribution < 1.29 is 9.13 Å². The second kappa shape index (κ2) is 5.42. The number of hydrogen-bond acceptors (Lipinski definition) is 3. The van der Waals surface area contributed by atoms with Gasteiger partial charge in [0, 0.05) is 18.2 Å². The van der Waals surface area contributed by atoms with Crippen LogP contribution in [0.4, 0.5) is 10.1 Å². The lowest BCUT2D eigenvalue weighted by Crippen LogP contribution is -2.30. The summed E-state index contributed by atoms with van der Waals surface area (Å²) in [6.07, 6.45) is 2.00. The molecule has 0 radical (unpaired) electrons. The highest BCUT2D eigenvalue weighted by Crippen LogP contribution is 2.19. The SMILES string of the molecule is NC(=S)c1ccc(NC2CCCOC2)c(F)c1. The summed E-state index contributed by atoms with van der Waals surface area (Å²) in [5.41, 5.74) is 6.46. The minimum absolute atomic E-state index is 0.175. The first-order chi connectivity index (χ1) is 8.16. The van der Waals surface area contributed by atoms with E-state index in [1.54, 1.807) is 12.1 Å². The molecular formula is C12H15FN2OS. The van der Waals surface area contributed by atoms with Crippen LogP contribution in [-0.2, 0) is 4.74 Å². The third-order valence-electron chi connectivity index (χ3n) is 2.77. The average molecular weight is 254 g/mol. The number of nitrogens with one attached hydrogen (secondary N) is 1. The molecule has 1 aliphatic heterocycles. The summed E-state index contributed by atoms with van der Waals surface area (Å²) in [7, 11) is 0. The molecule has 1 unspecified atom stereocenters. The smallest absolute Gasteiger partial charge is 0.146 e. The van der Waals surface area contributed by atoms with Crippen LogP contribution in [0.5, 0.6) is 0 Å². The third kappa shape index (κ3) is 3.14. The maximum atomic E-state index is 13.7. The van der Waals surface area contributed by atoms with Gasteiger partial charge in [-0.05, 0) is 31.0 Å². The van der Waals surface area contributed by atoms with E-state index < -0.39 is 0 Å².